The summed E-state index contributed by atoms with van der Waals surface area (Å²) >= 11 is 0. The highest BCUT2D eigenvalue weighted by Crippen LogP contribution is 2.33. The molecule has 32 heavy (non-hydrogen) atoms. The van der Waals surface area contributed by atoms with E-state index in [1.54, 1.807) is 0 Å². The lowest BCUT2D eigenvalue weighted by molar-refractivity contribution is -0.155. The van der Waals surface area contributed by atoms with Crippen LogP contribution in [0.25, 0.3) is 0 Å². The Labute approximate surface area is 194 Å². The van der Waals surface area contributed by atoms with Gasteiger partial charge in [-0.2, -0.15) is 0 Å². The molecule has 2 heterocycles. The Morgan fingerprint density at radius 2 is 0.750 bits per heavy atom. The second-order valence-electron chi connectivity index (χ2n) is 9.04. The van der Waals surface area contributed by atoms with Crippen LogP contribution >= 0.6 is 0 Å². The Balaban J connectivity index is 1.23. The molecule has 2 aliphatic heterocycles. The first-order valence-electron chi connectivity index (χ1n) is 12.4. The van der Waals surface area contributed by atoms with E-state index in [0.29, 0.717) is 66.1 Å². The average molecular weight is 463 g/mol. The number of hydrogen-bond acceptors (Lipinski definition) is 8. The summed E-state index contributed by atoms with van der Waals surface area (Å²) in [6.45, 7) is 15.1. The topological polar surface area (TPSA) is 73.8 Å². The number of rotatable bonds is 23. The lowest BCUT2D eigenvalue weighted by Gasteiger charge is -2.41. The van der Waals surface area contributed by atoms with E-state index in [4.69, 9.17) is 37.9 Å². The van der Waals surface area contributed by atoms with Crippen molar-refractivity contribution in [3.63, 3.8) is 0 Å². The van der Waals surface area contributed by atoms with E-state index in [1.807, 2.05) is 0 Å². The van der Waals surface area contributed by atoms with Crippen molar-refractivity contribution in [1.82, 2.24) is 0 Å². The maximum absolute atomic E-state index is 5.75. The Bertz CT molecular complexity index is 400. The molecule has 0 saturated carbocycles. The molecule has 0 aromatic carbocycles. The van der Waals surface area contributed by atoms with E-state index in [9.17, 15) is 0 Å². The normalized spacial score (nSPS) is 18.9. The molecule has 190 valence electrons. The highest BCUT2D eigenvalue weighted by atomic mass is 16.6. The second kappa shape index (κ2) is 17.2. The third-order valence-electron chi connectivity index (χ3n) is 5.87. The maximum atomic E-state index is 5.75. The molecule has 0 unspecified atom stereocenters. The predicted molar refractivity (Wildman–Crippen MR) is 121 cm³/mol. The van der Waals surface area contributed by atoms with E-state index in [1.165, 1.54) is 25.7 Å². The first kappa shape index (κ1) is 27.9. The molecule has 0 aromatic heterocycles. The second-order valence-corrected chi connectivity index (χ2v) is 9.04. The molecule has 8 nitrogen and oxygen atoms in total. The minimum atomic E-state index is 0.250. The van der Waals surface area contributed by atoms with Gasteiger partial charge in [-0.15, -0.1) is 0 Å². The van der Waals surface area contributed by atoms with Gasteiger partial charge in [0.1, 0.15) is 0 Å². The van der Waals surface area contributed by atoms with Crippen molar-refractivity contribution in [2.75, 3.05) is 106 Å². The number of ether oxygens (including phenoxy) is 8. The van der Waals surface area contributed by atoms with Crippen molar-refractivity contribution in [2.45, 2.75) is 39.5 Å². The summed E-state index contributed by atoms with van der Waals surface area (Å²) in [4.78, 5) is 0. The monoisotopic (exact) mass is 462 g/mol. The van der Waals surface area contributed by atoms with Gasteiger partial charge in [0.2, 0.25) is 0 Å². The molecule has 0 aliphatic carbocycles. The fourth-order valence-corrected chi connectivity index (χ4v) is 4.02. The van der Waals surface area contributed by atoms with Gasteiger partial charge >= 0.3 is 0 Å². The molecule has 0 amide bonds. The van der Waals surface area contributed by atoms with Gasteiger partial charge in [0.05, 0.1) is 106 Å². The first-order chi connectivity index (χ1) is 15.7. The molecule has 2 fully saturated rings. The number of hydrogen-bond donors (Lipinski definition) is 0. The van der Waals surface area contributed by atoms with Gasteiger partial charge in [0.15, 0.2) is 0 Å². The zero-order valence-electron chi connectivity index (χ0n) is 20.4. The van der Waals surface area contributed by atoms with Crippen LogP contribution in [-0.4, -0.2) is 106 Å². The molecule has 2 rings (SSSR count). The third-order valence-corrected chi connectivity index (χ3v) is 5.87. The summed E-state index contributed by atoms with van der Waals surface area (Å²) in [7, 11) is 0. The van der Waals surface area contributed by atoms with Gasteiger partial charge in [0, 0.05) is 10.8 Å². The van der Waals surface area contributed by atoms with Crippen LogP contribution in [0.1, 0.15) is 39.5 Å². The Kier molecular flexibility index (Phi) is 15.0. The van der Waals surface area contributed by atoms with E-state index in [0.717, 1.165) is 39.6 Å². The maximum Gasteiger partial charge on any atom is 0.0701 e. The van der Waals surface area contributed by atoms with Crippen molar-refractivity contribution in [2.24, 2.45) is 10.8 Å². The van der Waals surface area contributed by atoms with Crippen LogP contribution in [0.3, 0.4) is 0 Å². The minimum absolute atomic E-state index is 0.250. The lowest BCUT2D eigenvalue weighted by Crippen LogP contribution is -2.46. The summed E-state index contributed by atoms with van der Waals surface area (Å²) in [5.74, 6) is 0. The SMILES string of the molecule is CCCC1(COCCOCCOCCOCCOCCOCC2(CCC)COC2)COC1. The van der Waals surface area contributed by atoms with Gasteiger partial charge in [-0.25, -0.2) is 0 Å². The van der Waals surface area contributed by atoms with Gasteiger partial charge < -0.3 is 37.9 Å². The predicted octanol–water partition coefficient (Wildman–Crippen LogP) is 2.72. The molecule has 0 aromatic rings. The molecule has 2 saturated heterocycles. The van der Waals surface area contributed by atoms with E-state index < -0.39 is 0 Å². The largest absolute Gasteiger partial charge is 0.380 e. The van der Waals surface area contributed by atoms with Crippen molar-refractivity contribution in [1.29, 1.82) is 0 Å². The van der Waals surface area contributed by atoms with Gasteiger partial charge in [-0.1, -0.05) is 26.7 Å². The zero-order valence-corrected chi connectivity index (χ0v) is 20.4. The summed E-state index contributed by atoms with van der Waals surface area (Å²) in [6.07, 6.45) is 4.67. The molecule has 2 aliphatic rings. The summed E-state index contributed by atoms with van der Waals surface area (Å²) in [5, 5.41) is 0. The summed E-state index contributed by atoms with van der Waals surface area (Å²) < 4.78 is 44.3. The van der Waals surface area contributed by atoms with Crippen molar-refractivity contribution < 1.29 is 37.9 Å². The van der Waals surface area contributed by atoms with Crippen molar-refractivity contribution in [3.8, 4) is 0 Å². The first-order valence-corrected chi connectivity index (χ1v) is 12.4. The highest BCUT2D eigenvalue weighted by molar-refractivity contribution is 4.85. The fraction of sp³-hybridized carbons (Fsp3) is 1.00. The minimum Gasteiger partial charge on any atom is -0.380 e. The van der Waals surface area contributed by atoms with Crippen LogP contribution in [0.15, 0.2) is 0 Å². The van der Waals surface area contributed by atoms with E-state index >= 15 is 0 Å². The van der Waals surface area contributed by atoms with Crippen LogP contribution in [0, 0.1) is 10.8 Å². The van der Waals surface area contributed by atoms with Crippen LogP contribution < -0.4 is 0 Å². The Morgan fingerprint density at radius 1 is 0.469 bits per heavy atom. The standard InChI is InChI=1S/C24H46O8/c1-3-5-23(19-31-20-23)17-29-15-13-27-11-9-25-7-8-26-10-12-28-14-16-30-18-24(6-4-2)21-32-22-24/h3-22H2,1-2H3. The fourth-order valence-electron chi connectivity index (χ4n) is 4.02. The highest BCUT2D eigenvalue weighted by Gasteiger charge is 2.38. The Morgan fingerprint density at radius 3 is 0.969 bits per heavy atom. The molecule has 0 bridgehead atoms. The molecule has 0 spiro atoms. The molecular formula is C24H46O8. The van der Waals surface area contributed by atoms with Gasteiger partial charge in [-0.05, 0) is 12.8 Å². The average Bonchev–Trinajstić information content (AvgIpc) is 2.74. The molecule has 8 heteroatoms. The molecule has 0 radical (unpaired) electrons. The van der Waals surface area contributed by atoms with Gasteiger partial charge in [0.25, 0.3) is 0 Å². The van der Waals surface area contributed by atoms with Gasteiger partial charge in [-0.3, -0.25) is 0 Å². The van der Waals surface area contributed by atoms with Crippen molar-refractivity contribution >= 4 is 0 Å². The Hall–Kier alpha value is -0.320. The smallest absolute Gasteiger partial charge is 0.0701 e. The quantitative estimate of drug-likeness (QED) is 0.215. The third kappa shape index (κ3) is 11.2. The van der Waals surface area contributed by atoms with E-state index in [-0.39, 0.29) is 10.8 Å². The molecule has 0 atom stereocenters. The van der Waals surface area contributed by atoms with Crippen LogP contribution in [-0.2, 0) is 37.9 Å². The van der Waals surface area contributed by atoms with Crippen LogP contribution in [0.4, 0.5) is 0 Å². The molecule has 0 N–H and O–H groups in total. The summed E-state index contributed by atoms with van der Waals surface area (Å²) in [5.41, 5.74) is 0.499. The van der Waals surface area contributed by atoms with Crippen LogP contribution in [0.5, 0.6) is 0 Å². The summed E-state index contributed by atoms with van der Waals surface area (Å²) in [6, 6.07) is 0. The van der Waals surface area contributed by atoms with Crippen molar-refractivity contribution in [3.05, 3.63) is 0 Å². The zero-order chi connectivity index (χ0) is 22.8. The lowest BCUT2D eigenvalue weighted by atomic mass is 9.82. The molecular weight excluding hydrogens is 416 g/mol. The van der Waals surface area contributed by atoms with Crippen LogP contribution in [0.2, 0.25) is 0 Å². The van der Waals surface area contributed by atoms with E-state index in [2.05, 4.69) is 13.8 Å².